The van der Waals surface area contributed by atoms with Crippen LogP contribution < -0.4 is 10.1 Å². The standard InChI is InChI=1S/C23H30N2O4S/c1-17-4-6-19(7-5-17)16-30(27,28)25-14-12-21(13-15-25)23(26)24-18(2)20-8-10-22(29-3)11-9-20/h4-11,18,21H,12-16H2,1-3H3,(H,24,26)/t18-/m0/s1. The summed E-state index contributed by atoms with van der Waals surface area (Å²) in [6.45, 7) is 4.68. The molecule has 0 aromatic heterocycles. The summed E-state index contributed by atoms with van der Waals surface area (Å²) >= 11 is 0. The van der Waals surface area contributed by atoms with Gasteiger partial charge in [0.1, 0.15) is 5.75 Å². The molecule has 1 fully saturated rings. The maximum absolute atomic E-state index is 12.7. The van der Waals surface area contributed by atoms with Gasteiger partial charge in [-0.25, -0.2) is 12.7 Å². The van der Waals surface area contributed by atoms with E-state index in [9.17, 15) is 13.2 Å². The van der Waals surface area contributed by atoms with Crippen molar-refractivity contribution in [2.45, 2.75) is 38.5 Å². The molecule has 0 radical (unpaired) electrons. The zero-order valence-electron chi connectivity index (χ0n) is 17.8. The van der Waals surface area contributed by atoms with Crippen LogP contribution in [-0.4, -0.2) is 38.8 Å². The Bertz CT molecular complexity index is 948. The molecular weight excluding hydrogens is 400 g/mol. The van der Waals surface area contributed by atoms with E-state index in [2.05, 4.69) is 5.32 Å². The van der Waals surface area contributed by atoms with Crippen LogP contribution in [0.25, 0.3) is 0 Å². The molecule has 0 spiro atoms. The molecule has 1 amide bonds. The number of hydrogen-bond acceptors (Lipinski definition) is 4. The summed E-state index contributed by atoms with van der Waals surface area (Å²) in [7, 11) is -1.76. The number of hydrogen-bond donors (Lipinski definition) is 1. The Morgan fingerprint density at radius 1 is 1.10 bits per heavy atom. The van der Waals surface area contributed by atoms with Crippen molar-refractivity contribution in [2.75, 3.05) is 20.2 Å². The van der Waals surface area contributed by atoms with Gasteiger partial charge in [-0.05, 0) is 49.9 Å². The van der Waals surface area contributed by atoms with Crippen molar-refractivity contribution in [3.05, 3.63) is 65.2 Å². The molecule has 30 heavy (non-hydrogen) atoms. The third-order valence-corrected chi connectivity index (χ3v) is 7.51. The first-order valence-corrected chi connectivity index (χ1v) is 11.9. The molecule has 6 nitrogen and oxygen atoms in total. The summed E-state index contributed by atoms with van der Waals surface area (Å²) in [6, 6.07) is 15.0. The van der Waals surface area contributed by atoms with Crippen LogP contribution in [0.2, 0.25) is 0 Å². The van der Waals surface area contributed by atoms with Gasteiger partial charge in [0.15, 0.2) is 0 Å². The normalized spacial score (nSPS) is 16.8. The number of carbonyl (C=O) groups is 1. The van der Waals surface area contributed by atoms with Gasteiger partial charge in [0, 0.05) is 19.0 Å². The summed E-state index contributed by atoms with van der Waals surface area (Å²) in [5.41, 5.74) is 2.89. The molecule has 7 heteroatoms. The molecule has 0 saturated carbocycles. The lowest BCUT2D eigenvalue weighted by Crippen LogP contribution is -2.43. The lowest BCUT2D eigenvalue weighted by atomic mass is 9.96. The van der Waals surface area contributed by atoms with E-state index in [0.29, 0.717) is 25.9 Å². The van der Waals surface area contributed by atoms with Crippen LogP contribution in [0.15, 0.2) is 48.5 Å². The molecule has 162 valence electrons. The van der Waals surface area contributed by atoms with Crippen LogP contribution in [0.1, 0.15) is 42.5 Å². The fourth-order valence-electron chi connectivity index (χ4n) is 3.69. The number of amides is 1. The zero-order valence-corrected chi connectivity index (χ0v) is 18.6. The van der Waals surface area contributed by atoms with E-state index < -0.39 is 10.0 Å². The van der Waals surface area contributed by atoms with Gasteiger partial charge >= 0.3 is 0 Å². The first kappa shape index (κ1) is 22.3. The summed E-state index contributed by atoms with van der Waals surface area (Å²) in [6.07, 6.45) is 1.07. The molecule has 1 N–H and O–H groups in total. The first-order valence-electron chi connectivity index (χ1n) is 10.3. The summed E-state index contributed by atoms with van der Waals surface area (Å²) in [4.78, 5) is 12.7. The second kappa shape index (κ2) is 9.62. The minimum Gasteiger partial charge on any atom is -0.497 e. The Morgan fingerprint density at radius 3 is 2.27 bits per heavy atom. The zero-order chi connectivity index (χ0) is 21.7. The van der Waals surface area contributed by atoms with Crippen molar-refractivity contribution in [3.8, 4) is 5.75 Å². The van der Waals surface area contributed by atoms with E-state index in [4.69, 9.17) is 4.74 Å². The number of sulfonamides is 1. The van der Waals surface area contributed by atoms with Gasteiger partial charge in [-0.2, -0.15) is 0 Å². The third kappa shape index (κ3) is 5.61. The second-order valence-corrected chi connectivity index (χ2v) is 9.89. The van der Waals surface area contributed by atoms with Crippen LogP contribution in [0, 0.1) is 12.8 Å². The number of rotatable bonds is 7. The van der Waals surface area contributed by atoms with Crippen LogP contribution in [-0.2, 0) is 20.6 Å². The largest absolute Gasteiger partial charge is 0.497 e. The van der Waals surface area contributed by atoms with Gasteiger partial charge in [0.05, 0.1) is 18.9 Å². The molecule has 1 aliphatic heterocycles. The van der Waals surface area contributed by atoms with E-state index in [1.807, 2.05) is 62.4 Å². The minimum atomic E-state index is -3.38. The molecular formula is C23H30N2O4S. The van der Waals surface area contributed by atoms with Gasteiger partial charge < -0.3 is 10.1 Å². The highest BCUT2D eigenvalue weighted by Gasteiger charge is 2.31. The van der Waals surface area contributed by atoms with Crippen molar-refractivity contribution in [2.24, 2.45) is 5.92 Å². The van der Waals surface area contributed by atoms with E-state index in [1.54, 1.807) is 7.11 Å². The van der Waals surface area contributed by atoms with Crippen LogP contribution in [0.5, 0.6) is 5.75 Å². The third-order valence-electron chi connectivity index (χ3n) is 5.66. The molecule has 0 bridgehead atoms. The lowest BCUT2D eigenvalue weighted by Gasteiger charge is -2.31. The van der Waals surface area contributed by atoms with Gasteiger partial charge in [-0.3, -0.25) is 4.79 Å². The van der Waals surface area contributed by atoms with Crippen LogP contribution in [0.3, 0.4) is 0 Å². The Hall–Kier alpha value is -2.38. The summed E-state index contributed by atoms with van der Waals surface area (Å²) in [5, 5.41) is 3.05. The Balaban J connectivity index is 1.52. The van der Waals surface area contributed by atoms with E-state index in [1.165, 1.54) is 4.31 Å². The molecule has 1 atom stereocenters. The number of aryl methyl sites for hydroxylation is 1. The number of benzene rings is 2. The maximum atomic E-state index is 12.7. The number of carbonyl (C=O) groups excluding carboxylic acids is 1. The molecule has 0 unspecified atom stereocenters. The predicted molar refractivity (Wildman–Crippen MR) is 118 cm³/mol. The molecule has 1 aliphatic rings. The average Bonchev–Trinajstić information content (AvgIpc) is 2.75. The number of piperidine rings is 1. The average molecular weight is 431 g/mol. The van der Waals surface area contributed by atoms with Gasteiger partial charge in [-0.1, -0.05) is 42.0 Å². The summed E-state index contributed by atoms with van der Waals surface area (Å²) < 4.78 is 32.2. The number of ether oxygens (including phenoxy) is 1. The summed E-state index contributed by atoms with van der Waals surface area (Å²) in [5.74, 6) is 0.584. The number of nitrogens with zero attached hydrogens (tertiary/aromatic N) is 1. The van der Waals surface area contributed by atoms with Crippen molar-refractivity contribution in [3.63, 3.8) is 0 Å². The van der Waals surface area contributed by atoms with Gasteiger partial charge in [0.2, 0.25) is 15.9 Å². The molecule has 3 rings (SSSR count). The second-order valence-electron chi connectivity index (χ2n) is 7.92. The molecule has 1 saturated heterocycles. The van der Waals surface area contributed by atoms with Gasteiger partial charge in [0.25, 0.3) is 0 Å². The predicted octanol–water partition coefficient (Wildman–Crippen LogP) is 3.42. The van der Waals surface area contributed by atoms with Crippen molar-refractivity contribution in [1.82, 2.24) is 9.62 Å². The van der Waals surface area contributed by atoms with E-state index in [0.717, 1.165) is 22.4 Å². The van der Waals surface area contributed by atoms with Crippen molar-refractivity contribution >= 4 is 15.9 Å². The van der Waals surface area contributed by atoms with Gasteiger partial charge in [-0.15, -0.1) is 0 Å². The van der Waals surface area contributed by atoms with E-state index in [-0.39, 0.29) is 23.6 Å². The smallest absolute Gasteiger partial charge is 0.223 e. The monoisotopic (exact) mass is 430 g/mol. The highest BCUT2D eigenvalue weighted by Crippen LogP contribution is 2.24. The van der Waals surface area contributed by atoms with Crippen LogP contribution >= 0.6 is 0 Å². The van der Waals surface area contributed by atoms with E-state index >= 15 is 0 Å². The van der Waals surface area contributed by atoms with Crippen molar-refractivity contribution < 1.29 is 17.9 Å². The number of methoxy groups -OCH3 is 1. The first-order chi connectivity index (χ1) is 14.3. The highest BCUT2D eigenvalue weighted by molar-refractivity contribution is 7.88. The Morgan fingerprint density at radius 2 is 1.70 bits per heavy atom. The SMILES string of the molecule is COc1ccc([C@H](C)NC(=O)C2CCN(S(=O)(=O)Cc3ccc(C)cc3)CC2)cc1. The highest BCUT2D eigenvalue weighted by atomic mass is 32.2. The maximum Gasteiger partial charge on any atom is 0.223 e. The Labute approximate surface area is 179 Å². The molecule has 2 aromatic carbocycles. The fraction of sp³-hybridized carbons (Fsp3) is 0.435. The fourth-order valence-corrected chi connectivity index (χ4v) is 5.25. The molecule has 0 aliphatic carbocycles. The molecule has 1 heterocycles. The van der Waals surface area contributed by atoms with Crippen molar-refractivity contribution in [1.29, 1.82) is 0 Å². The minimum absolute atomic E-state index is 0.00134. The quantitative estimate of drug-likeness (QED) is 0.730. The topological polar surface area (TPSA) is 75.7 Å². The number of nitrogens with one attached hydrogen (secondary N) is 1. The lowest BCUT2D eigenvalue weighted by molar-refractivity contribution is -0.126. The van der Waals surface area contributed by atoms with Crippen LogP contribution in [0.4, 0.5) is 0 Å². The Kier molecular flexibility index (Phi) is 7.15. The molecule has 2 aromatic rings.